The molecule has 1 aliphatic rings. The van der Waals surface area contributed by atoms with E-state index in [1.54, 1.807) is 0 Å². The summed E-state index contributed by atoms with van der Waals surface area (Å²) < 4.78 is 0. The predicted octanol–water partition coefficient (Wildman–Crippen LogP) is 5.86. The van der Waals surface area contributed by atoms with Crippen LogP contribution in [0, 0.1) is 11.8 Å². The van der Waals surface area contributed by atoms with E-state index in [9.17, 15) is 0 Å². The number of halogens is 2. The molecule has 1 aliphatic carbocycles. The van der Waals surface area contributed by atoms with Gasteiger partial charge in [-0.25, -0.2) is 0 Å². The van der Waals surface area contributed by atoms with Crippen molar-refractivity contribution in [2.75, 3.05) is 0 Å². The summed E-state index contributed by atoms with van der Waals surface area (Å²) in [7, 11) is 0. The van der Waals surface area contributed by atoms with Crippen molar-refractivity contribution in [3.63, 3.8) is 0 Å². The molecule has 0 heterocycles. The Balaban J connectivity index is 1.95. The summed E-state index contributed by atoms with van der Waals surface area (Å²) in [5.74, 6) is 1.73. The third-order valence-electron chi connectivity index (χ3n) is 4.11. The lowest BCUT2D eigenvalue weighted by atomic mass is 9.77. The molecule has 0 aromatic heterocycles. The summed E-state index contributed by atoms with van der Waals surface area (Å²) in [5.41, 5.74) is 1.42. The van der Waals surface area contributed by atoms with Gasteiger partial charge in [0.15, 0.2) is 0 Å². The Morgan fingerprint density at radius 3 is 2.61 bits per heavy atom. The minimum Gasteiger partial charge on any atom is -0.0888 e. The van der Waals surface area contributed by atoms with Crippen LogP contribution in [0.5, 0.6) is 0 Å². The van der Waals surface area contributed by atoms with Crippen molar-refractivity contribution in [1.82, 2.24) is 0 Å². The van der Waals surface area contributed by atoms with Gasteiger partial charge in [0.2, 0.25) is 0 Å². The van der Waals surface area contributed by atoms with Gasteiger partial charge in [-0.1, -0.05) is 59.4 Å². The molecule has 0 nitrogen and oxygen atoms in total. The average molecular weight is 330 g/mol. The number of hydrogen-bond acceptors (Lipinski definition) is 0. The van der Waals surface area contributed by atoms with Crippen molar-refractivity contribution in [2.24, 2.45) is 11.8 Å². The summed E-state index contributed by atoms with van der Waals surface area (Å²) in [4.78, 5) is 0.696. The Morgan fingerprint density at radius 2 is 1.94 bits per heavy atom. The van der Waals surface area contributed by atoms with Gasteiger partial charge in [-0.05, 0) is 55.2 Å². The summed E-state index contributed by atoms with van der Waals surface area (Å²) in [6, 6.07) is 8.36. The van der Waals surface area contributed by atoms with Crippen molar-refractivity contribution in [2.45, 2.75) is 50.3 Å². The summed E-state index contributed by atoms with van der Waals surface area (Å²) >= 11 is 9.82. The predicted molar refractivity (Wildman–Crippen MR) is 83.6 cm³/mol. The van der Waals surface area contributed by atoms with Crippen molar-refractivity contribution in [3.05, 3.63) is 34.9 Å². The molecule has 0 radical (unpaired) electrons. The van der Waals surface area contributed by atoms with Crippen LogP contribution in [0.2, 0.25) is 5.02 Å². The second kappa shape index (κ2) is 6.96. The van der Waals surface area contributed by atoms with Crippen LogP contribution in [0.1, 0.15) is 44.6 Å². The second-order valence-corrected chi connectivity index (χ2v) is 7.19. The molecule has 0 bridgehead atoms. The van der Waals surface area contributed by atoms with Crippen LogP contribution in [-0.2, 0) is 6.42 Å². The van der Waals surface area contributed by atoms with Crippen molar-refractivity contribution < 1.29 is 0 Å². The Kier molecular flexibility index (Phi) is 5.56. The molecule has 1 fully saturated rings. The highest BCUT2D eigenvalue weighted by Crippen LogP contribution is 2.37. The molecule has 0 saturated heterocycles. The van der Waals surface area contributed by atoms with Gasteiger partial charge in [-0.2, -0.15) is 0 Å². The molecule has 0 N–H and O–H groups in total. The minimum absolute atomic E-state index is 0.696. The fourth-order valence-electron chi connectivity index (χ4n) is 3.13. The fraction of sp³-hybridized carbons (Fsp3) is 0.625. The molecule has 3 atom stereocenters. The van der Waals surface area contributed by atoms with Crippen molar-refractivity contribution >= 4 is 27.5 Å². The molecule has 100 valence electrons. The molecule has 2 rings (SSSR count). The highest BCUT2D eigenvalue weighted by Gasteiger charge is 2.28. The van der Waals surface area contributed by atoms with E-state index in [1.807, 2.05) is 12.1 Å². The van der Waals surface area contributed by atoms with Gasteiger partial charge in [-0.15, -0.1) is 0 Å². The van der Waals surface area contributed by atoms with E-state index >= 15 is 0 Å². The van der Waals surface area contributed by atoms with Crippen LogP contribution in [0.15, 0.2) is 24.3 Å². The first-order chi connectivity index (χ1) is 8.69. The van der Waals surface area contributed by atoms with E-state index in [4.69, 9.17) is 11.6 Å². The second-order valence-electron chi connectivity index (χ2n) is 5.57. The van der Waals surface area contributed by atoms with E-state index in [-0.39, 0.29) is 0 Å². The molecule has 0 spiro atoms. The van der Waals surface area contributed by atoms with Crippen molar-refractivity contribution in [3.8, 4) is 0 Å². The molecule has 0 aliphatic heterocycles. The van der Waals surface area contributed by atoms with Gasteiger partial charge in [0, 0.05) is 9.85 Å². The number of alkyl halides is 1. The lowest BCUT2D eigenvalue weighted by molar-refractivity contribution is 0.263. The van der Waals surface area contributed by atoms with E-state index in [2.05, 4.69) is 35.0 Å². The molecule has 0 amide bonds. The smallest absolute Gasteiger partial charge is 0.0406 e. The normalized spacial score (nSPS) is 28.3. The molecule has 18 heavy (non-hydrogen) atoms. The molecule has 2 heteroatoms. The lowest BCUT2D eigenvalue weighted by Gasteiger charge is -2.33. The van der Waals surface area contributed by atoms with E-state index in [1.165, 1.54) is 44.1 Å². The van der Waals surface area contributed by atoms with Crippen LogP contribution in [0.25, 0.3) is 0 Å². The van der Waals surface area contributed by atoms with Crippen LogP contribution >= 0.6 is 27.5 Å². The molecular formula is C16H22BrCl. The van der Waals surface area contributed by atoms with E-state index in [0.29, 0.717) is 4.83 Å². The molecule has 3 unspecified atom stereocenters. The van der Waals surface area contributed by atoms with Crippen LogP contribution < -0.4 is 0 Å². The summed E-state index contributed by atoms with van der Waals surface area (Å²) in [6.07, 6.45) is 8.03. The first-order valence-corrected chi connectivity index (χ1v) is 8.37. The van der Waals surface area contributed by atoms with Crippen LogP contribution in [0.4, 0.5) is 0 Å². The maximum Gasteiger partial charge on any atom is 0.0406 e. The first kappa shape index (κ1) is 14.4. The molecule has 1 aromatic rings. The van der Waals surface area contributed by atoms with Gasteiger partial charge >= 0.3 is 0 Å². The largest absolute Gasteiger partial charge is 0.0888 e. The summed E-state index contributed by atoms with van der Waals surface area (Å²) in [6.45, 7) is 2.30. The quantitative estimate of drug-likeness (QED) is 0.607. The number of rotatable bonds is 4. The Hall–Kier alpha value is -0.0100. The van der Waals surface area contributed by atoms with Gasteiger partial charge in [-0.3, -0.25) is 0 Å². The zero-order valence-electron chi connectivity index (χ0n) is 11.0. The maximum absolute atomic E-state index is 5.94. The van der Waals surface area contributed by atoms with Crippen LogP contribution in [0.3, 0.4) is 0 Å². The fourth-order valence-corrected chi connectivity index (χ4v) is 3.92. The minimum atomic E-state index is 0.696. The Morgan fingerprint density at radius 1 is 1.22 bits per heavy atom. The van der Waals surface area contributed by atoms with Gasteiger partial charge in [0.1, 0.15) is 0 Å². The van der Waals surface area contributed by atoms with E-state index in [0.717, 1.165) is 16.9 Å². The molecule has 1 saturated carbocycles. The summed E-state index contributed by atoms with van der Waals surface area (Å²) in [5, 5.41) is 0.835. The molecule has 1 aromatic carbocycles. The van der Waals surface area contributed by atoms with Crippen molar-refractivity contribution in [1.29, 1.82) is 0 Å². The topological polar surface area (TPSA) is 0 Å². The SMILES string of the molecule is CCCC1CCC(Br)C(Cc2ccc(Cl)cc2)C1. The zero-order chi connectivity index (χ0) is 13.0. The third-order valence-corrected chi connectivity index (χ3v) is 5.56. The van der Waals surface area contributed by atoms with Gasteiger partial charge in [0.25, 0.3) is 0 Å². The van der Waals surface area contributed by atoms with Gasteiger partial charge < -0.3 is 0 Å². The molecular weight excluding hydrogens is 308 g/mol. The van der Waals surface area contributed by atoms with Gasteiger partial charge in [0.05, 0.1) is 0 Å². The zero-order valence-corrected chi connectivity index (χ0v) is 13.4. The number of hydrogen-bond donors (Lipinski definition) is 0. The Labute approximate surface area is 124 Å². The highest BCUT2D eigenvalue weighted by atomic mass is 79.9. The monoisotopic (exact) mass is 328 g/mol. The number of benzene rings is 1. The first-order valence-electron chi connectivity index (χ1n) is 7.07. The standard InChI is InChI=1S/C16H22BrCl/c1-2-3-12-6-9-16(17)14(10-12)11-13-4-7-15(18)8-5-13/h4-5,7-8,12,14,16H,2-3,6,9-11H2,1H3. The average Bonchev–Trinajstić information content (AvgIpc) is 2.36. The van der Waals surface area contributed by atoms with Crippen LogP contribution in [-0.4, -0.2) is 4.83 Å². The van der Waals surface area contributed by atoms with E-state index < -0.39 is 0 Å². The lowest BCUT2D eigenvalue weighted by Crippen LogP contribution is -2.26. The third kappa shape index (κ3) is 3.99. The Bertz CT molecular complexity index is 360. The highest BCUT2D eigenvalue weighted by molar-refractivity contribution is 9.09. The maximum atomic E-state index is 5.94.